The van der Waals surface area contributed by atoms with Crippen molar-refractivity contribution in [3.05, 3.63) is 42.3 Å². The third kappa shape index (κ3) is 4.41. The largest absolute Gasteiger partial charge is 0.390 e. The number of aliphatic hydroxyl groups excluding tert-OH is 1. The molecule has 0 bridgehead atoms. The Morgan fingerprint density at radius 1 is 1.33 bits per heavy atom. The normalized spacial score (nSPS) is 24.1. The summed E-state index contributed by atoms with van der Waals surface area (Å²) in [4.78, 5) is 0. The lowest BCUT2D eigenvalue weighted by atomic mass is 10.0. The average Bonchev–Trinajstić information content (AvgIpc) is 2.42. The molecule has 1 saturated heterocycles. The number of rotatable bonds is 6. The smallest absolute Gasteiger partial charge is 0.0866 e. The van der Waals surface area contributed by atoms with Crippen molar-refractivity contribution in [2.75, 3.05) is 13.2 Å². The van der Waals surface area contributed by atoms with Gasteiger partial charge in [-0.05, 0) is 31.2 Å². The van der Waals surface area contributed by atoms with Crippen LogP contribution in [0.5, 0.6) is 0 Å². The maximum Gasteiger partial charge on any atom is 0.0866 e. The molecule has 0 unspecified atom stereocenters. The van der Waals surface area contributed by atoms with Crippen molar-refractivity contribution in [1.82, 2.24) is 0 Å². The fourth-order valence-electron chi connectivity index (χ4n) is 2.09. The second-order valence-corrected chi connectivity index (χ2v) is 4.61. The highest BCUT2D eigenvalue weighted by Crippen LogP contribution is 2.17. The fourth-order valence-corrected chi connectivity index (χ4v) is 2.09. The number of hydrogen-bond donors (Lipinski definition) is 1. The van der Waals surface area contributed by atoms with Gasteiger partial charge in [0.05, 0.1) is 18.8 Å². The SMILES string of the molecule is O[C@@H]1CCCO[C@H]1[CH]CCOCc1ccccc1. The van der Waals surface area contributed by atoms with Gasteiger partial charge in [-0.1, -0.05) is 30.3 Å². The molecule has 3 nitrogen and oxygen atoms in total. The van der Waals surface area contributed by atoms with E-state index in [1.54, 1.807) is 0 Å². The summed E-state index contributed by atoms with van der Waals surface area (Å²) < 4.78 is 11.1. The minimum absolute atomic E-state index is 0.112. The Balaban J connectivity index is 1.56. The molecule has 0 amide bonds. The van der Waals surface area contributed by atoms with Crippen molar-refractivity contribution in [2.24, 2.45) is 0 Å². The molecule has 1 aliphatic heterocycles. The summed E-state index contributed by atoms with van der Waals surface area (Å²) >= 11 is 0. The molecule has 0 saturated carbocycles. The molecule has 18 heavy (non-hydrogen) atoms. The summed E-state index contributed by atoms with van der Waals surface area (Å²) in [6.45, 7) is 2.06. The molecule has 1 fully saturated rings. The van der Waals surface area contributed by atoms with Crippen LogP contribution in [0.4, 0.5) is 0 Å². The predicted molar refractivity (Wildman–Crippen MR) is 70.0 cm³/mol. The third-order valence-corrected chi connectivity index (χ3v) is 3.11. The first-order chi connectivity index (χ1) is 8.86. The van der Waals surface area contributed by atoms with Gasteiger partial charge >= 0.3 is 0 Å². The molecule has 0 aliphatic carbocycles. The number of ether oxygens (including phenoxy) is 2. The summed E-state index contributed by atoms with van der Waals surface area (Å²) in [5.74, 6) is 0. The number of benzene rings is 1. The van der Waals surface area contributed by atoms with Crippen molar-refractivity contribution in [1.29, 1.82) is 0 Å². The van der Waals surface area contributed by atoms with Crippen molar-refractivity contribution in [2.45, 2.75) is 38.1 Å². The van der Waals surface area contributed by atoms with Crippen molar-refractivity contribution < 1.29 is 14.6 Å². The molecule has 1 aromatic carbocycles. The van der Waals surface area contributed by atoms with Crippen LogP contribution < -0.4 is 0 Å². The zero-order valence-electron chi connectivity index (χ0n) is 10.6. The van der Waals surface area contributed by atoms with Gasteiger partial charge in [-0.3, -0.25) is 0 Å². The second-order valence-electron chi connectivity index (χ2n) is 4.61. The predicted octanol–water partition coefficient (Wildman–Crippen LogP) is 2.34. The molecule has 1 aromatic rings. The number of hydrogen-bond acceptors (Lipinski definition) is 3. The first-order valence-corrected chi connectivity index (χ1v) is 6.61. The van der Waals surface area contributed by atoms with Gasteiger partial charge in [0.1, 0.15) is 0 Å². The Morgan fingerprint density at radius 3 is 2.94 bits per heavy atom. The topological polar surface area (TPSA) is 38.7 Å². The van der Waals surface area contributed by atoms with Gasteiger partial charge in [-0.2, -0.15) is 0 Å². The molecule has 2 atom stereocenters. The highest BCUT2D eigenvalue weighted by atomic mass is 16.5. The molecular formula is C15H21O3. The van der Waals surface area contributed by atoms with Gasteiger partial charge in [0, 0.05) is 13.2 Å². The van der Waals surface area contributed by atoms with Gasteiger partial charge in [0.15, 0.2) is 0 Å². The molecule has 0 aromatic heterocycles. The summed E-state index contributed by atoms with van der Waals surface area (Å²) in [5.41, 5.74) is 1.19. The van der Waals surface area contributed by atoms with E-state index >= 15 is 0 Å². The van der Waals surface area contributed by atoms with Crippen molar-refractivity contribution in [3.63, 3.8) is 0 Å². The Bertz CT molecular complexity index is 326. The van der Waals surface area contributed by atoms with Crippen LogP contribution in [0.15, 0.2) is 30.3 Å². The Labute approximate surface area is 109 Å². The summed E-state index contributed by atoms with van der Waals surface area (Å²) in [6.07, 6.45) is 4.18. The van der Waals surface area contributed by atoms with Crippen LogP contribution in [-0.2, 0) is 16.1 Å². The van der Waals surface area contributed by atoms with E-state index in [4.69, 9.17) is 9.47 Å². The van der Waals surface area contributed by atoms with E-state index in [9.17, 15) is 5.11 Å². The van der Waals surface area contributed by atoms with Crippen molar-refractivity contribution >= 4 is 0 Å². The maximum atomic E-state index is 9.71. The van der Waals surface area contributed by atoms with Gasteiger partial charge in [-0.25, -0.2) is 0 Å². The van der Waals surface area contributed by atoms with E-state index in [1.165, 1.54) is 5.56 Å². The molecule has 1 aliphatic rings. The van der Waals surface area contributed by atoms with E-state index in [0.29, 0.717) is 13.2 Å². The zero-order valence-corrected chi connectivity index (χ0v) is 10.6. The second kappa shape index (κ2) is 7.52. The van der Waals surface area contributed by atoms with E-state index in [1.807, 2.05) is 24.6 Å². The standard InChI is InChI=1S/C15H21O3/c16-14-8-4-11-18-15(14)9-5-10-17-12-13-6-2-1-3-7-13/h1-3,6-7,9,14-16H,4-5,8,10-12H2/t14-,15+/m1/s1. The molecule has 1 N–H and O–H groups in total. The van der Waals surface area contributed by atoms with E-state index in [0.717, 1.165) is 25.9 Å². The Kier molecular flexibility index (Phi) is 5.65. The molecule has 1 radical (unpaired) electrons. The summed E-state index contributed by atoms with van der Waals surface area (Å²) in [5, 5.41) is 9.71. The molecule has 99 valence electrons. The van der Waals surface area contributed by atoms with Gasteiger partial charge in [-0.15, -0.1) is 0 Å². The zero-order chi connectivity index (χ0) is 12.6. The first kappa shape index (κ1) is 13.5. The minimum atomic E-state index is -0.340. The summed E-state index contributed by atoms with van der Waals surface area (Å²) in [6, 6.07) is 10.1. The fraction of sp³-hybridized carbons (Fsp3) is 0.533. The maximum absolute atomic E-state index is 9.71. The Hall–Kier alpha value is -0.900. The van der Waals surface area contributed by atoms with E-state index in [-0.39, 0.29) is 12.2 Å². The van der Waals surface area contributed by atoms with Gasteiger partial charge < -0.3 is 14.6 Å². The molecule has 3 heteroatoms. The van der Waals surface area contributed by atoms with Crippen molar-refractivity contribution in [3.8, 4) is 0 Å². The van der Waals surface area contributed by atoms with Crippen LogP contribution in [0.1, 0.15) is 24.8 Å². The van der Waals surface area contributed by atoms with Gasteiger partial charge in [0.25, 0.3) is 0 Å². The molecule has 0 spiro atoms. The lowest BCUT2D eigenvalue weighted by Gasteiger charge is -2.27. The highest BCUT2D eigenvalue weighted by molar-refractivity contribution is 5.13. The Morgan fingerprint density at radius 2 is 2.17 bits per heavy atom. The molecule has 1 heterocycles. The van der Waals surface area contributed by atoms with E-state index < -0.39 is 0 Å². The van der Waals surface area contributed by atoms with Crippen LogP contribution in [-0.4, -0.2) is 30.5 Å². The van der Waals surface area contributed by atoms with Crippen LogP contribution in [0.2, 0.25) is 0 Å². The van der Waals surface area contributed by atoms with Crippen LogP contribution in [0.25, 0.3) is 0 Å². The van der Waals surface area contributed by atoms with E-state index in [2.05, 4.69) is 12.1 Å². The summed E-state index contributed by atoms with van der Waals surface area (Å²) in [7, 11) is 0. The van der Waals surface area contributed by atoms with Crippen LogP contribution >= 0.6 is 0 Å². The van der Waals surface area contributed by atoms with Gasteiger partial charge in [0.2, 0.25) is 0 Å². The van der Waals surface area contributed by atoms with Crippen LogP contribution in [0.3, 0.4) is 0 Å². The van der Waals surface area contributed by atoms with Crippen LogP contribution in [0, 0.1) is 6.42 Å². The molecule has 2 rings (SSSR count). The quantitative estimate of drug-likeness (QED) is 0.786. The minimum Gasteiger partial charge on any atom is -0.390 e. The first-order valence-electron chi connectivity index (χ1n) is 6.61. The highest BCUT2D eigenvalue weighted by Gasteiger charge is 2.23. The average molecular weight is 249 g/mol. The third-order valence-electron chi connectivity index (χ3n) is 3.11. The lowest BCUT2D eigenvalue weighted by Crippen LogP contribution is -2.34. The number of aliphatic hydroxyl groups is 1. The monoisotopic (exact) mass is 249 g/mol. The lowest BCUT2D eigenvalue weighted by molar-refractivity contribution is -0.0590. The molecular weight excluding hydrogens is 228 g/mol.